The van der Waals surface area contributed by atoms with E-state index < -0.39 is 0 Å². The number of carbonyl (C=O) groups is 2. The minimum atomic E-state index is -0.227. The lowest BCUT2D eigenvalue weighted by molar-refractivity contribution is -0.132. The maximum Gasteiger partial charge on any atom is 0.259 e. The molecule has 0 spiro atoms. The number of carbonyl (C=O) groups excluding carboxylic acids is 2. The highest BCUT2D eigenvalue weighted by Crippen LogP contribution is 2.29. The quantitative estimate of drug-likeness (QED) is 0.843. The number of aromatic nitrogens is 2. The molecule has 142 valence electrons. The molecule has 2 N–H and O–H groups in total. The third-order valence-corrected chi connectivity index (χ3v) is 4.78. The summed E-state index contributed by atoms with van der Waals surface area (Å²) in [6, 6.07) is 9.28. The number of amides is 2. The molecule has 2 aromatic rings. The zero-order chi connectivity index (χ0) is 19.2. The Kier molecular flexibility index (Phi) is 6.13. The van der Waals surface area contributed by atoms with Gasteiger partial charge < -0.3 is 15.3 Å². The van der Waals surface area contributed by atoms with Gasteiger partial charge in [-0.15, -0.1) is 0 Å². The normalized spacial score (nSPS) is 14.8. The molecule has 1 aliphatic heterocycles. The van der Waals surface area contributed by atoms with Gasteiger partial charge in [0.05, 0.1) is 17.9 Å². The highest BCUT2D eigenvalue weighted by Gasteiger charge is 2.28. The van der Waals surface area contributed by atoms with Crippen LogP contribution in [0.3, 0.4) is 0 Å². The van der Waals surface area contributed by atoms with Gasteiger partial charge in [-0.1, -0.05) is 18.2 Å². The second-order valence-corrected chi connectivity index (χ2v) is 6.66. The molecule has 7 nitrogen and oxygen atoms in total. The largest absolute Gasteiger partial charge is 0.396 e. The summed E-state index contributed by atoms with van der Waals surface area (Å²) < 4.78 is 0. The molecule has 0 saturated carbocycles. The molecule has 1 saturated heterocycles. The molecule has 2 heterocycles. The fourth-order valence-electron chi connectivity index (χ4n) is 3.35. The standard InChI is InChI=1S/C20H24N4O3/c1-14-21-13-17(20(27)23-16-5-3-2-4-6-16)19(22-14)15-7-10-24(11-8-15)18(26)9-12-25/h2-6,13,15,25H,7-12H2,1H3,(H,23,27). The van der Waals surface area contributed by atoms with Crippen molar-refractivity contribution in [2.75, 3.05) is 25.0 Å². The Morgan fingerprint density at radius 1 is 1.22 bits per heavy atom. The third-order valence-electron chi connectivity index (χ3n) is 4.78. The van der Waals surface area contributed by atoms with E-state index in [1.165, 1.54) is 0 Å². The van der Waals surface area contributed by atoms with E-state index in [9.17, 15) is 9.59 Å². The average molecular weight is 368 g/mol. The second kappa shape index (κ2) is 8.73. The van der Waals surface area contributed by atoms with Crippen LogP contribution < -0.4 is 5.32 Å². The van der Waals surface area contributed by atoms with E-state index in [0.29, 0.717) is 24.5 Å². The van der Waals surface area contributed by atoms with E-state index >= 15 is 0 Å². The van der Waals surface area contributed by atoms with Crippen LogP contribution in [0.25, 0.3) is 0 Å². The number of anilines is 1. The van der Waals surface area contributed by atoms with Crippen molar-refractivity contribution in [2.45, 2.75) is 32.1 Å². The molecule has 1 aromatic heterocycles. The summed E-state index contributed by atoms with van der Waals surface area (Å²) in [5.74, 6) is 0.466. The van der Waals surface area contributed by atoms with Gasteiger partial charge in [-0.2, -0.15) is 0 Å². The van der Waals surface area contributed by atoms with Crippen LogP contribution in [0.1, 0.15) is 47.1 Å². The Bertz CT molecular complexity index is 802. The number of nitrogens with zero attached hydrogens (tertiary/aromatic N) is 3. The molecule has 0 atom stereocenters. The number of benzene rings is 1. The van der Waals surface area contributed by atoms with Crippen molar-refractivity contribution >= 4 is 17.5 Å². The van der Waals surface area contributed by atoms with Gasteiger partial charge in [-0.3, -0.25) is 9.59 Å². The summed E-state index contributed by atoms with van der Waals surface area (Å²) >= 11 is 0. The summed E-state index contributed by atoms with van der Waals surface area (Å²) in [7, 11) is 0. The third kappa shape index (κ3) is 4.68. The van der Waals surface area contributed by atoms with Crippen LogP contribution in [0.15, 0.2) is 36.5 Å². The maximum absolute atomic E-state index is 12.8. The number of aryl methyl sites for hydroxylation is 1. The Morgan fingerprint density at radius 2 is 1.93 bits per heavy atom. The van der Waals surface area contributed by atoms with Gasteiger partial charge in [0, 0.05) is 37.3 Å². The fraction of sp³-hybridized carbons (Fsp3) is 0.400. The van der Waals surface area contributed by atoms with Gasteiger partial charge in [0.25, 0.3) is 5.91 Å². The van der Waals surface area contributed by atoms with Crippen molar-refractivity contribution in [3.63, 3.8) is 0 Å². The predicted molar refractivity (Wildman–Crippen MR) is 101 cm³/mol. The number of rotatable bonds is 5. The van der Waals surface area contributed by atoms with E-state index in [0.717, 1.165) is 24.2 Å². The van der Waals surface area contributed by atoms with Crippen LogP contribution in [0.4, 0.5) is 5.69 Å². The van der Waals surface area contributed by atoms with Crippen molar-refractivity contribution in [1.82, 2.24) is 14.9 Å². The van der Waals surface area contributed by atoms with Crippen LogP contribution in [0.2, 0.25) is 0 Å². The van der Waals surface area contributed by atoms with Crippen LogP contribution >= 0.6 is 0 Å². The average Bonchev–Trinajstić information content (AvgIpc) is 2.69. The molecular formula is C20H24N4O3. The van der Waals surface area contributed by atoms with Gasteiger partial charge in [0.1, 0.15) is 5.82 Å². The first-order valence-corrected chi connectivity index (χ1v) is 9.17. The van der Waals surface area contributed by atoms with E-state index in [2.05, 4.69) is 15.3 Å². The highest BCUT2D eigenvalue weighted by atomic mass is 16.3. The SMILES string of the molecule is Cc1ncc(C(=O)Nc2ccccc2)c(C2CCN(C(=O)CCO)CC2)n1. The zero-order valence-corrected chi connectivity index (χ0v) is 15.4. The van der Waals surface area contributed by atoms with Gasteiger partial charge in [0.2, 0.25) is 5.91 Å². The first-order chi connectivity index (χ1) is 13.1. The highest BCUT2D eigenvalue weighted by molar-refractivity contribution is 6.04. The summed E-state index contributed by atoms with van der Waals surface area (Å²) in [6.45, 7) is 2.88. The number of hydrogen-bond donors (Lipinski definition) is 2. The molecule has 2 amide bonds. The van der Waals surface area contributed by atoms with Crippen molar-refractivity contribution in [1.29, 1.82) is 0 Å². The van der Waals surface area contributed by atoms with E-state index in [-0.39, 0.29) is 30.8 Å². The number of aliphatic hydroxyl groups excluding tert-OH is 1. The molecule has 1 aliphatic rings. The number of hydrogen-bond acceptors (Lipinski definition) is 5. The fourth-order valence-corrected chi connectivity index (χ4v) is 3.35. The van der Waals surface area contributed by atoms with Gasteiger partial charge in [-0.25, -0.2) is 9.97 Å². The van der Waals surface area contributed by atoms with Crippen LogP contribution in [0.5, 0.6) is 0 Å². The molecule has 1 fully saturated rings. The Labute approximate surface area is 158 Å². The minimum absolute atomic E-state index is 0.0307. The van der Waals surface area contributed by atoms with Gasteiger partial charge in [0.15, 0.2) is 0 Å². The lowest BCUT2D eigenvalue weighted by Crippen LogP contribution is -2.38. The van der Waals surface area contributed by atoms with Crippen molar-refractivity contribution < 1.29 is 14.7 Å². The Hall–Kier alpha value is -2.80. The molecule has 0 radical (unpaired) electrons. The zero-order valence-electron chi connectivity index (χ0n) is 15.4. The topological polar surface area (TPSA) is 95.4 Å². The number of para-hydroxylation sites is 1. The first kappa shape index (κ1) is 19.0. The monoisotopic (exact) mass is 368 g/mol. The lowest BCUT2D eigenvalue weighted by Gasteiger charge is -2.32. The number of likely N-dealkylation sites (tertiary alicyclic amines) is 1. The van der Waals surface area contributed by atoms with Crippen LogP contribution in [0, 0.1) is 6.92 Å². The van der Waals surface area contributed by atoms with E-state index in [4.69, 9.17) is 5.11 Å². The molecular weight excluding hydrogens is 344 g/mol. The van der Waals surface area contributed by atoms with E-state index in [1.54, 1.807) is 11.1 Å². The number of nitrogens with one attached hydrogen (secondary N) is 1. The number of aliphatic hydroxyl groups is 1. The van der Waals surface area contributed by atoms with Crippen molar-refractivity contribution in [3.8, 4) is 0 Å². The van der Waals surface area contributed by atoms with Crippen molar-refractivity contribution in [2.24, 2.45) is 0 Å². The summed E-state index contributed by atoms with van der Waals surface area (Å²) in [4.78, 5) is 35.2. The van der Waals surface area contributed by atoms with E-state index in [1.807, 2.05) is 37.3 Å². The van der Waals surface area contributed by atoms with Crippen LogP contribution in [-0.4, -0.2) is 51.5 Å². The molecule has 1 aromatic carbocycles. The summed E-state index contributed by atoms with van der Waals surface area (Å²) in [5, 5.41) is 11.8. The lowest BCUT2D eigenvalue weighted by atomic mass is 9.90. The molecule has 0 bridgehead atoms. The maximum atomic E-state index is 12.8. The van der Waals surface area contributed by atoms with Gasteiger partial charge >= 0.3 is 0 Å². The second-order valence-electron chi connectivity index (χ2n) is 6.66. The smallest absolute Gasteiger partial charge is 0.259 e. The molecule has 3 rings (SSSR count). The molecule has 0 aliphatic carbocycles. The Balaban J connectivity index is 1.75. The van der Waals surface area contributed by atoms with Crippen molar-refractivity contribution in [3.05, 3.63) is 53.6 Å². The first-order valence-electron chi connectivity index (χ1n) is 9.17. The predicted octanol–water partition coefficient (Wildman–Crippen LogP) is 2.13. The van der Waals surface area contributed by atoms with Gasteiger partial charge in [-0.05, 0) is 31.9 Å². The van der Waals surface area contributed by atoms with Crippen LogP contribution in [-0.2, 0) is 4.79 Å². The number of piperidine rings is 1. The molecule has 7 heteroatoms. The minimum Gasteiger partial charge on any atom is -0.396 e. The summed E-state index contributed by atoms with van der Waals surface area (Å²) in [6.07, 6.45) is 3.21. The molecule has 0 unspecified atom stereocenters. The molecule has 27 heavy (non-hydrogen) atoms. The Morgan fingerprint density at radius 3 is 2.59 bits per heavy atom. The summed E-state index contributed by atoms with van der Waals surface area (Å²) in [5.41, 5.74) is 1.94.